The fraction of sp³-hybridized carbons (Fsp3) is 0.333. The lowest BCUT2D eigenvalue weighted by molar-refractivity contribution is -0.136. The molecule has 0 aromatic heterocycles. The SMILES string of the molecule is CN1C(=O)CCc2cccc(CC(=O)O)c21. The number of carboxylic acids is 1. The standard InChI is InChI=1S/C12H13NO3/c1-13-10(14)6-5-8-3-2-4-9(12(8)13)7-11(15)16/h2-4H,5-7H2,1H3,(H,15,16). The summed E-state index contributed by atoms with van der Waals surface area (Å²) in [7, 11) is 1.70. The molecule has 0 saturated heterocycles. The van der Waals surface area contributed by atoms with Crippen LogP contribution in [-0.4, -0.2) is 24.0 Å². The van der Waals surface area contributed by atoms with Gasteiger partial charge in [0.1, 0.15) is 0 Å². The molecule has 16 heavy (non-hydrogen) atoms. The monoisotopic (exact) mass is 219 g/mol. The first-order chi connectivity index (χ1) is 7.59. The van der Waals surface area contributed by atoms with Crippen molar-refractivity contribution in [1.29, 1.82) is 0 Å². The van der Waals surface area contributed by atoms with Gasteiger partial charge in [-0.05, 0) is 17.5 Å². The van der Waals surface area contributed by atoms with Crippen LogP contribution >= 0.6 is 0 Å². The summed E-state index contributed by atoms with van der Waals surface area (Å²) in [6.07, 6.45) is 1.16. The molecule has 0 fully saturated rings. The van der Waals surface area contributed by atoms with Crippen molar-refractivity contribution in [2.24, 2.45) is 0 Å². The van der Waals surface area contributed by atoms with Gasteiger partial charge in [-0.15, -0.1) is 0 Å². The summed E-state index contributed by atoms with van der Waals surface area (Å²) < 4.78 is 0. The van der Waals surface area contributed by atoms with E-state index in [1.807, 2.05) is 12.1 Å². The number of carbonyl (C=O) groups excluding carboxylic acids is 1. The lowest BCUT2D eigenvalue weighted by Gasteiger charge is -2.27. The van der Waals surface area contributed by atoms with Crippen LogP contribution < -0.4 is 4.90 Å². The topological polar surface area (TPSA) is 57.6 Å². The second kappa shape index (κ2) is 3.96. The van der Waals surface area contributed by atoms with E-state index in [-0.39, 0.29) is 12.3 Å². The molecule has 1 N–H and O–H groups in total. The number of benzene rings is 1. The normalized spacial score (nSPS) is 14.8. The molecule has 84 valence electrons. The third kappa shape index (κ3) is 1.78. The maximum Gasteiger partial charge on any atom is 0.307 e. The third-order valence-corrected chi connectivity index (χ3v) is 2.86. The van der Waals surface area contributed by atoms with Crippen LogP contribution in [0.15, 0.2) is 18.2 Å². The van der Waals surface area contributed by atoms with Crippen LogP contribution in [0.4, 0.5) is 5.69 Å². The van der Waals surface area contributed by atoms with Crippen molar-refractivity contribution < 1.29 is 14.7 Å². The van der Waals surface area contributed by atoms with E-state index in [1.54, 1.807) is 18.0 Å². The number of aryl methyl sites for hydroxylation is 1. The van der Waals surface area contributed by atoms with E-state index in [9.17, 15) is 9.59 Å². The summed E-state index contributed by atoms with van der Waals surface area (Å²) in [5.74, 6) is -0.829. The average Bonchev–Trinajstić information content (AvgIpc) is 2.23. The molecule has 0 bridgehead atoms. The van der Waals surface area contributed by atoms with Crippen molar-refractivity contribution in [3.8, 4) is 0 Å². The van der Waals surface area contributed by atoms with Gasteiger partial charge in [0.05, 0.1) is 12.1 Å². The number of amides is 1. The highest BCUT2D eigenvalue weighted by Crippen LogP contribution is 2.30. The summed E-state index contributed by atoms with van der Waals surface area (Å²) in [4.78, 5) is 23.9. The number of fused-ring (bicyclic) bond motifs is 1. The molecule has 2 rings (SSSR count). The van der Waals surface area contributed by atoms with Gasteiger partial charge in [-0.2, -0.15) is 0 Å². The Morgan fingerprint density at radius 1 is 1.44 bits per heavy atom. The Morgan fingerprint density at radius 2 is 2.19 bits per heavy atom. The van der Waals surface area contributed by atoms with Crippen LogP contribution in [0.1, 0.15) is 17.5 Å². The number of carboxylic acid groups (broad SMARTS) is 1. The quantitative estimate of drug-likeness (QED) is 0.813. The van der Waals surface area contributed by atoms with Crippen LogP contribution in [0.5, 0.6) is 0 Å². The molecule has 0 unspecified atom stereocenters. The number of carbonyl (C=O) groups is 2. The fourth-order valence-corrected chi connectivity index (χ4v) is 2.12. The highest BCUT2D eigenvalue weighted by molar-refractivity contribution is 5.97. The summed E-state index contributed by atoms with van der Waals surface area (Å²) in [5.41, 5.74) is 2.54. The number of hydrogen-bond acceptors (Lipinski definition) is 2. The number of rotatable bonds is 2. The van der Waals surface area contributed by atoms with E-state index >= 15 is 0 Å². The van der Waals surface area contributed by atoms with Crippen molar-refractivity contribution >= 4 is 17.6 Å². The van der Waals surface area contributed by atoms with E-state index < -0.39 is 5.97 Å². The van der Waals surface area contributed by atoms with Crippen LogP contribution in [0.25, 0.3) is 0 Å². The zero-order chi connectivity index (χ0) is 11.7. The summed E-state index contributed by atoms with van der Waals surface area (Å²) in [6, 6.07) is 5.56. The van der Waals surface area contributed by atoms with Crippen LogP contribution in [0.3, 0.4) is 0 Å². The van der Waals surface area contributed by atoms with E-state index in [0.29, 0.717) is 18.4 Å². The zero-order valence-corrected chi connectivity index (χ0v) is 9.06. The largest absolute Gasteiger partial charge is 0.481 e. The maximum atomic E-state index is 11.6. The fourth-order valence-electron chi connectivity index (χ4n) is 2.12. The van der Waals surface area contributed by atoms with Crippen molar-refractivity contribution in [1.82, 2.24) is 0 Å². The van der Waals surface area contributed by atoms with Crippen LogP contribution in [0, 0.1) is 0 Å². The smallest absolute Gasteiger partial charge is 0.307 e. The second-order valence-corrected chi connectivity index (χ2v) is 3.95. The summed E-state index contributed by atoms with van der Waals surface area (Å²) in [6.45, 7) is 0. The molecule has 1 aromatic carbocycles. The number of hydrogen-bond donors (Lipinski definition) is 1. The Kier molecular flexibility index (Phi) is 2.64. The summed E-state index contributed by atoms with van der Waals surface area (Å²) >= 11 is 0. The Bertz CT molecular complexity index is 454. The molecule has 1 aromatic rings. The molecular formula is C12H13NO3. The maximum absolute atomic E-state index is 11.6. The molecule has 0 atom stereocenters. The van der Waals surface area contributed by atoms with Crippen molar-refractivity contribution in [2.75, 3.05) is 11.9 Å². The summed E-state index contributed by atoms with van der Waals surface area (Å²) in [5, 5.41) is 8.82. The first kappa shape index (κ1) is 10.7. The first-order valence-corrected chi connectivity index (χ1v) is 5.18. The highest BCUT2D eigenvalue weighted by atomic mass is 16.4. The lowest BCUT2D eigenvalue weighted by atomic mass is 9.96. The minimum Gasteiger partial charge on any atom is -0.481 e. The van der Waals surface area contributed by atoms with Crippen molar-refractivity contribution in [3.63, 3.8) is 0 Å². The Balaban J connectivity index is 2.48. The minimum atomic E-state index is -0.875. The molecule has 1 aliphatic heterocycles. The van der Waals surface area contributed by atoms with E-state index in [2.05, 4.69) is 0 Å². The number of nitrogens with zero attached hydrogens (tertiary/aromatic N) is 1. The van der Waals surface area contributed by atoms with Crippen molar-refractivity contribution in [2.45, 2.75) is 19.3 Å². The number of para-hydroxylation sites is 1. The molecule has 0 radical (unpaired) electrons. The molecule has 1 heterocycles. The molecule has 4 nitrogen and oxygen atoms in total. The number of aliphatic carboxylic acids is 1. The van der Waals surface area contributed by atoms with Gasteiger partial charge >= 0.3 is 5.97 Å². The highest BCUT2D eigenvalue weighted by Gasteiger charge is 2.23. The molecule has 0 aliphatic carbocycles. The van der Waals surface area contributed by atoms with Gasteiger partial charge in [0.2, 0.25) is 5.91 Å². The Morgan fingerprint density at radius 3 is 2.88 bits per heavy atom. The predicted octanol–water partition coefficient (Wildman–Crippen LogP) is 1.22. The molecule has 0 spiro atoms. The van der Waals surface area contributed by atoms with Gasteiger partial charge < -0.3 is 10.0 Å². The molecule has 1 aliphatic rings. The predicted molar refractivity (Wildman–Crippen MR) is 59.5 cm³/mol. The van der Waals surface area contributed by atoms with E-state index in [4.69, 9.17) is 5.11 Å². The van der Waals surface area contributed by atoms with Gasteiger partial charge in [-0.25, -0.2) is 0 Å². The average molecular weight is 219 g/mol. The lowest BCUT2D eigenvalue weighted by Crippen LogP contribution is -2.32. The van der Waals surface area contributed by atoms with Gasteiger partial charge in [-0.1, -0.05) is 18.2 Å². The number of anilines is 1. The first-order valence-electron chi connectivity index (χ1n) is 5.18. The van der Waals surface area contributed by atoms with Crippen molar-refractivity contribution in [3.05, 3.63) is 29.3 Å². The molecular weight excluding hydrogens is 206 g/mol. The second-order valence-electron chi connectivity index (χ2n) is 3.95. The molecule has 0 saturated carbocycles. The van der Waals surface area contributed by atoms with Crippen LogP contribution in [0.2, 0.25) is 0 Å². The van der Waals surface area contributed by atoms with Gasteiger partial charge in [0, 0.05) is 13.5 Å². The van der Waals surface area contributed by atoms with Gasteiger partial charge in [0.25, 0.3) is 0 Å². The minimum absolute atomic E-state index is 0.0409. The van der Waals surface area contributed by atoms with Gasteiger partial charge in [0.15, 0.2) is 0 Å². The van der Waals surface area contributed by atoms with Gasteiger partial charge in [-0.3, -0.25) is 9.59 Å². The Hall–Kier alpha value is -1.84. The Labute approximate surface area is 93.5 Å². The van der Waals surface area contributed by atoms with Crippen LogP contribution in [-0.2, 0) is 22.4 Å². The van der Waals surface area contributed by atoms with E-state index in [0.717, 1.165) is 11.3 Å². The molecule has 1 amide bonds. The molecule has 4 heteroatoms. The third-order valence-electron chi connectivity index (χ3n) is 2.86. The van der Waals surface area contributed by atoms with E-state index in [1.165, 1.54) is 0 Å². The zero-order valence-electron chi connectivity index (χ0n) is 9.06.